The number of nitrogens with two attached hydrogens (primary N) is 2. The first-order valence-corrected chi connectivity index (χ1v) is 1.90. The average Bonchev–Trinajstić information content (AvgIpc) is 1.37. The molecule has 0 saturated heterocycles. The quantitative estimate of drug-likeness (QED) is 0.213. The van der Waals surface area contributed by atoms with E-state index in [0.29, 0.717) is 0 Å². The highest BCUT2D eigenvalue weighted by molar-refractivity contribution is 7.32. The molecule has 26 valence electrons. The first kappa shape index (κ1) is 4.31. The van der Waals surface area contributed by atoms with Crippen molar-refractivity contribution in [2.45, 2.75) is 0 Å². The van der Waals surface area contributed by atoms with Gasteiger partial charge in [-0.2, -0.15) is 0 Å². The van der Waals surface area contributed by atoms with E-state index in [0.717, 1.165) is 0 Å². The van der Waals surface area contributed by atoms with Crippen molar-refractivity contribution in [3.05, 3.63) is 0 Å². The normalized spacial score (nSPS) is 10.5. The Labute approximate surface area is 26.6 Å². The molecule has 0 aliphatic rings. The fourth-order valence-electron chi connectivity index (χ4n) is 0. The van der Waals surface area contributed by atoms with Crippen LogP contribution >= 0.6 is 8.88 Å². The molecule has 0 aromatic carbocycles. The molecule has 0 aromatic rings. The third-order valence-electron chi connectivity index (χ3n) is 0.0833. The summed E-state index contributed by atoms with van der Waals surface area (Å²) in [6.45, 7) is 0. The smallest absolute Gasteiger partial charge is 0.0295 e. The lowest BCUT2D eigenvalue weighted by Gasteiger charge is -1.78. The van der Waals surface area contributed by atoms with Gasteiger partial charge < -0.3 is 0 Å². The third-order valence-corrected chi connectivity index (χ3v) is 0.250. The first-order valence-electron chi connectivity index (χ1n) is 0.827. The van der Waals surface area contributed by atoms with Crippen molar-refractivity contribution in [2.24, 2.45) is 11.3 Å². The second-order valence-electron chi connectivity index (χ2n) is 0.289. The van der Waals surface area contributed by atoms with Gasteiger partial charge in [-0.25, -0.2) is 5.20 Å². The molecule has 0 heterocycles. The third kappa shape index (κ3) is 2.31. The van der Waals surface area contributed by atoms with Crippen LogP contribution in [0.1, 0.15) is 0 Å². The summed E-state index contributed by atoms with van der Waals surface area (Å²) >= 11 is 0. The van der Waals surface area contributed by atoms with Crippen LogP contribution in [0, 0.1) is 0 Å². The molecule has 0 amide bonds. The van der Waals surface area contributed by atoms with E-state index in [2.05, 4.69) is 11.0 Å². The monoisotopic (exact) mass is 79.0 g/mol. The summed E-state index contributed by atoms with van der Waals surface area (Å²) in [4.78, 5) is 0. The van der Waals surface area contributed by atoms with Crippen molar-refractivity contribution in [1.82, 2.24) is 5.20 Å². The van der Waals surface area contributed by atoms with Gasteiger partial charge >= 0.3 is 0 Å². The van der Waals surface area contributed by atoms with Crippen LogP contribution < -0.4 is 16.5 Å². The summed E-state index contributed by atoms with van der Waals surface area (Å²) in [6.07, 6.45) is 0. The van der Waals surface area contributed by atoms with Crippen LogP contribution in [0.2, 0.25) is 0 Å². The summed E-state index contributed by atoms with van der Waals surface area (Å²) < 4.78 is 0. The molecule has 4 heavy (non-hydrogen) atoms. The molecule has 0 spiro atoms. The molecular formula is H6N3P. The predicted molar refractivity (Wildman–Crippen MR) is 19.8 cm³/mol. The van der Waals surface area contributed by atoms with E-state index in [1.54, 1.807) is 0 Å². The zero-order valence-corrected chi connectivity index (χ0v) is 3.15. The Morgan fingerprint density at radius 1 is 1.75 bits per heavy atom. The minimum Gasteiger partial charge on any atom is -0.299 e. The van der Waals surface area contributed by atoms with E-state index in [9.17, 15) is 0 Å². The lowest BCUT2D eigenvalue weighted by molar-refractivity contribution is 1.11. The maximum atomic E-state index is 4.82. The van der Waals surface area contributed by atoms with E-state index < -0.39 is 0 Å². The maximum absolute atomic E-state index is 4.82. The molecule has 3 nitrogen and oxygen atoms in total. The molecule has 1 unspecified atom stereocenters. The summed E-state index contributed by atoms with van der Waals surface area (Å²) in [5.41, 5.74) is 4.82. The summed E-state index contributed by atoms with van der Waals surface area (Å²) in [6, 6.07) is 0. The second kappa shape index (κ2) is 3.31. The molecular weight excluding hydrogens is 73.0 g/mol. The lowest BCUT2D eigenvalue weighted by Crippen LogP contribution is -2.11. The summed E-state index contributed by atoms with van der Waals surface area (Å²) in [5.74, 6) is 4.67. The van der Waals surface area contributed by atoms with E-state index in [1.807, 2.05) is 0 Å². The van der Waals surface area contributed by atoms with Gasteiger partial charge in [-0.05, 0) is 0 Å². The fourth-order valence-corrected chi connectivity index (χ4v) is 0. The van der Waals surface area contributed by atoms with Crippen LogP contribution in [0.15, 0.2) is 0 Å². The molecule has 0 radical (unpaired) electrons. The van der Waals surface area contributed by atoms with Gasteiger partial charge in [-0.15, -0.1) is 0 Å². The Hall–Kier alpha value is 0.310. The predicted octanol–water partition coefficient (Wildman–Crippen LogP) is -1.08. The second-order valence-corrected chi connectivity index (χ2v) is 0.866. The van der Waals surface area contributed by atoms with Crippen LogP contribution in [0.5, 0.6) is 0 Å². The number of hydrogen-bond donors (Lipinski definition) is 3. The van der Waals surface area contributed by atoms with Crippen molar-refractivity contribution in [3.8, 4) is 0 Å². The molecule has 4 heteroatoms. The summed E-state index contributed by atoms with van der Waals surface area (Å²) in [7, 11) is 0.168. The Morgan fingerprint density at radius 2 is 2.00 bits per heavy atom. The first-order chi connectivity index (χ1) is 1.91. The fraction of sp³-hybridized carbons (Fsp3) is 0. The van der Waals surface area contributed by atoms with E-state index in [-0.39, 0.29) is 8.88 Å². The highest BCUT2D eigenvalue weighted by Gasteiger charge is 1.48. The van der Waals surface area contributed by atoms with E-state index in [1.165, 1.54) is 0 Å². The van der Waals surface area contributed by atoms with Crippen molar-refractivity contribution < 1.29 is 0 Å². The Bertz CT molecular complexity index is 5.25. The zero-order chi connectivity index (χ0) is 3.41. The molecule has 0 aliphatic heterocycles. The molecule has 5 N–H and O–H groups in total. The Kier molecular flexibility index (Phi) is 3.57. The topological polar surface area (TPSA) is 64.1 Å². The zero-order valence-electron chi connectivity index (χ0n) is 2.15. The number of rotatable bonds is 1. The Morgan fingerprint density at radius 3 is 2.00 bits per heavy atom. The van der Waals surface area contributed by atoms with Crippen molar-refractivity contribution in [3.63, 3.8) is 0 Å². The van der Waals surface area contributed by atoms with Gasteiger partial charge in [0, 0.05) is 8.88 Å². The number of nitrogens with one attached hydrogen (secondary N) is 1. The van der Waals surface area contributed by atoms with E-state index in [4.69, 9.17) is 5.50 Å². The van der Waals surface area contributed by atoms with Crippen LogP contribution in [-0.4, -0.2) is 0 Å². The number of hydrazine groups is 1. The highest BCUT2D eigenvalue weighted by Crippen LogP contribution is 1.71. The minimum atomic E-state index is 0.168. The molecule has 0 rings (SSSR count). The number of hydrogen-bond acceptors (Lipinski definition) is 3. The highest BCUT2D eigenvalue weighted by atomic mass is 31.1. The van der Waals surface area contributed by atoms with Gasteiger partial charge in [-0.1, -0.05) is 0 Å². The standard InChI is InChI=1S/H6N3P/c1-3-4-2/h3-4H,1-2H2. The van der Waals surface area contributed by atoms with Gasteiger partial charge in [0.2, 0.25) is 0 Å². The van der Waals surface area contributed by atoms with Crippen molar-refractivity contribution in [2.75, 3.05) is 0 Å². The molecule has 0 aliphatic carbocycles. The van der Waals surface area contributed by atoms with Crippen LogP contribution in [0.25, 0.3) is 0 Å². The summed E-state index contributed by atoms with van der Waals surface area (Å²) in [5, 5.41) is 2.24. The lowest BCUT2D eigenvalue weighted by atomic mass is 13.0. The van der Waals surface area contributed by atoms with Crippen molar-refractivity contribution >= 4 is 8.88 Å². The Balaban J connectivity index is 1.97. The van der Waals surface area contributed by atoms with Gasteiger partial charge in [0.1, 0.15) is 0 Å². The van der Waals surface area contributed by atoms with Gasteiger partial charge in [0.05, 0.1) is 0 Å². The minimum absolute atomic E-state index is 0.168. The van der Waals surface area contributed by atoms with Crippen molar-refractivity contribution in [1.29, 1.82) is 0 Å². The molecule has 0 saturated carbocycles. The largest absolute Gasteiger partial charge is 0.299 e. The van der Waals surface area contributed by atoms with Crippen LogP contribution in [0.4, 0.5) is 0 Å². The van der Waals surface area contributed by atoms with E-state index >= 15 is 0 Å². The van der Waals surface area contributed by atoms with Gasteiger partial charge in [0.25, 0.3) is 0 Å². The molecule has 1 atom stereocenters. The van der Waals surface area contributed by atoms with Crippen LogP contribution in [0.3, 0.4) is 0 Å². The molecule has 0 aromatic heterocycles. The maximum Gasteiger partial charge on any atom is 0.0295 e. The molecule has 0 bridgehead atoms. The van der Waals surface area contributed by atoms with Crippen LogP contribution in [-0.2, 0) is 0 Å². The SMILES string of the molecule is NNPN. The molecule has 0 fully saturated rings. The average molecular weight is 79.0 g/mol. The van der Waals surface area contributed by atoms with Gasteiger partial charge in [0.15, 0.2) is 0 Å². The van der Waals surface area contributed by atoms with Gasteiger partial charge in [-0.3, -0.25) is 11.3 Å².